The van der Waals surface area contributed by atoms with Crippen LogP contribution in [0, 0.1) is 0 Å². The third-order valence-corrected chi connectivity index (χ3v) is 3.81. The van der Waals surface area contributed by atoms with Gasteiger partial charge in [0.1, 0.15) is 10.8 Å². The number of benzene rings is 1. The number of carbonyl (C=O) groups excluding carboxylic acids is 1. The van der Waals surface area contributed by atoms with E-state index in [-0.39, 0.29) is 17.9 Å². The second kappa shape index (κ2) is 6.43. The summed E-state index contributed by atoms with van der Waals surface area (Å²) in [4.78, 5) is 11.6. The molecular weight excluding hydrogens is 347 g/mol. The fraction of sp³-hybridized carbons (Fsp3) is 0.231. The molecule has 0 spiro atoms. The van der Waals surface area contributed by atoms with Gasteiger partial charge in [-0.3, -0.25) is 0 Å². The fourth-order valence-corrected chi connectivity index (χ4v) is 2.67. The Morgan fingerprint density at radius 3 is 2.71 bits per heavy atom. The predicted octanol–water partition coefficient (Wildman–Crippen LogP) is 2.54. The molecule has 2 heterocycles. The lowest BCUT2D eigenvalue weighted by molar-refractivity contribution is -0.146. The standard InChI is InChI=1S/C13H10F3N5O2S/c14-13(15,16)10-18-19-11-21(10)20-9(24-11)6-7-17-12(22)23-8-4-2-1-3-5-8/h1-5H,6-7H2,(H,17,22). The molecule has 0 bridgehead atoms. The van der Waals surface area contributed by atoms with Crippen molar-refractivity contribution in [1.29, 1.82) is 0 Å². The van der Waals surface area contributed by atoms with Gasteiger partial charge in [0.2, 0.25) is 4.96 Å². The molecule has 3 aromatic rings. The van der Waals surface area contributed by atoms with Crippen molar-refractivity contribution >= 4 is 22.4 Å². The third kappa shape index (κ3) is 3.62. The molecule has 0 aliphatic carbocycles. The number of amides is 1. The van der Waals surface area contributed by atoms with Crippen molar-refractivity contribution in [2.45, 2.75) is 12.6 Å². The topological polar surface area (TPSA) is 81.4 Å². The van der Waals surface area contributed by atoms with Gasteiger partial charge in [-0.05, 0) is 12.1 Å². The van der Waals surface area contributed by atoms with Gasteiger partial charge in [0.25, 0.3) is 5.82 Å². The van der Waals surface area contributed by atoms with Crippen molar-refractivity contribution < 1.29 is 22.7 Å². The number of carbonyl (C=O) groups is 1. The van der Waals surface area contributed by atoms with Gasteiger partial charge < -0.3 is 10.1 Å². The number of nitrogens with one attached hydrogen (secondary N) is 1. The highest BCUT2D eigenvalue weighted by molar-refractivity contribution is 7.16. The van der Waals surface area contributed by atoms with Crippen molar-refractivity contribution in [2.24, 2.45) is 0 Å². The number of ether oxygens (including phenoxy) is 1. The van der Waals surface area contributed by atoms with Crippen molar-refractivity contribution in [2.75, 3.05) is 6.54 Å². The number of alkyl halides is 3. The Balaban J connectivity index is 1.56. The van der Waals surface area contributed by atoms with Gasteiger partial charge >= 0.3 is 12.3 Å². The maximum absolute atomic E-state index is 12.7. The Kier molecular flexibility index (Phi) is 4.34. The Morgan fingerprint density at radius 1 is 1.25 bits per heavy atom. The molecule has 0 aliphatic rings. The lowest BCUT2D eigenvalue weighted by Crippen LogP contribution is -2.28. The minimum absolute atomic E-state index is 0.0455. The molecule has 0 unspecified atom stereocenters. The number of rotatable bonds is 4. The minimum Gasteiger partial charge on any atom is -0.410 e. The van der Waals surface area contributed by atoms with Gasteiger partial charge in [0.15, 0.2) is 0 Å². The van der Waals surface area contributed by atoms with Gasteiger partial charge in [0.05, 0.1) is 0 Å². The Labute approximate surface area is 137 Å². The van der Waals surface area contributed by atoms with E-state index in [1.165, 1.54) is 0 Å². The van der Waals surface area contributed by atoms with Crippen molar-refractivity contribution in [3.8, 4) is 5.75 Å². The summed E-state index contributed by atoms with van der Waals surface area (Å²) < 4.78 is 43.8. The van der Waals surface area contributed by atoms with Crippen LogP contribution in [0.5, 0.6) is 5.75 Å². The molecule has 1 amide bonds. The second-order valence-corrected chi connectivity index (χ2v) is 5.63. The lowest BCUT2D eigenvalue weighted by atomic mass is 10.3. The molecule has 1 aromatic carbocycles. The van der Waals surface area contributed by atoms with E-state index in [0.29, 0.717) is 15.3 Å². The first-order chi connectivity index (χ1) is 11.4. The van der Waals surface area contributed by atoms with Crippen LogP contribution in [-0.4, -0.2) is 32.4 Å². The second-order valence-electron chi connectivity index (χ2n) is 4.59. The number of hydrogen-bond donors (Lipinski definition) is 1. The third-order valence-electron chi connectivity index (χ3n) is 2.85. The van der Waals surface area contributed by atoms with Crippen LogP contribution in [-0.2, 0) is 12.6 Å². The summed E-state index contributed by atoms with van der Waals surface area (Å²) in [5.74, 6) is -0.778. The predicted molar refractivity (Wildman–Crippen MR) is 77.8 cm³/mol. The van der Waals surface area contributed by atoms with Crippen molar-refractivity contribution in [3.05, 3.63) is 41.2 Å². The summed E-state index contributed by atoms with van der Waals surface area (Å²) in [6.45, 7) is 0.164. The fourth-order valence-electron chi connectivity index (χ4n) is 1.84. The van der Waals surface area contributed by atoms with Crippen LogP contribution in [0.3, 0.4) is 0 Å². The van der Waals surface area contributed by atoms with Crippen LogP contribution in [0.1, 0.15) is 10.8 Å². The van der Waals surface area contributed by atoms with E-state index >= 15 is 0 Å². The molecule has 126 valence electrons. The number of halogens is 3. The van der Waals surface area contributed by atoms with Gasteiger partial charge in [-0.25, -0.2) is 4.79 Å². The van der Waals surface area contributed by atoms with E-state index in [2.05, 4.69) is 20.6 Å². The van der Waals surface area contributed by atoms with Crippen LogP contribution in [0.15, 0.2) is 30.3 Å². The highest BCUT2D eigenvalue weighted by Crippen LogP contribution is 2.28. The molecule has 0 aliphatic heterocycles. The van der Waals surface area contributed by atoms with Crippen LogP contribution < -0.4 is 10.1 Å². The van der Waals surface area contributed by atoms with Crippen LogP contribution in [0.25, 0.3) is 4.96 Å². The quantitative estimate of drug-likeness (QED) is 0.776. The first kappa shape index (κ1) is 16.2. The molecule has 11 heteroatoms. The average molecular weight is 357 g/mol. The molecule has 0 radical (unpaired) electrons. The molecule has 3 rings (SSSR count). The highest BCUT2D eigenvalue weighted by atomic mass is 32.1. The summed E-state index contributed by atoms with van der Waals surface area (Å²) in [6, 6.07) is 8.48. The molecule has 0 fully saturated rings. The van der Waals surface area contributed by atoms with Crippen molar-refractivity contribution in [3.63, 3.8) is 0 Å². The average Bonchev–Trinajstić information content (AvgIpc) is 3.07. The Morgan fingerprint density at radius 2 is 2.00 bits per heavy atom. The molecule has 0 atom stereocenters. The van der Waals surface area contributed by atoms with Gasteiger partial charge in [0, 0.05) is 13.0 Å². The monoisotopic (exact) mass is 357 g/mol. The first-order valence-corrected chi connectivity index (χ1v) is 7.54. The van der Waals surface area contributed by atoms with E-state index in [1.807, 2.05) is 0 Å². The van der Waals surface area contributed by atoms with Crippen molar-refractivity contribution in [1.82, 2.24) is 25.1 Å². The summed E-state index contributed by atoms with van der Waals surface area (Å²) in [7, 11) is 0. The molecule has 1 N–H and O–H groups in total. The van der Waals surface area contributed by atoms with E-state index in [9.17, 15) is 18.0 Å². The van der Waals surface area contributed by atoms with Gasteiger partial charge in [-0.1, -0.05) is 29.5 Å². The van der Waals surface area contributed by atoms with Gasteiger partial charge in [-0.2, -0.15) is 22.8 Å². The maximum Gasteiger partial charge on any atom is 0.453 e. The highest BCUT2D eigenvalue weighted by Gasteiger charge is 2.38. The van der Waals surface area contributed by atoms with Crippen LogP contribution in [0.4, 0.5) is 18.0 Å². The van der Waals surface area contributed by atoms with E-state index in [1.54, 1.807) is 30.3 Å². The zero-order valence-corrected chi connectivity index (χ0v) is 12.8. The number of hydrogen-bond acceptors (Lipinski definition) is 6. The summed E-state index contributed by atoms with van der Waals surface area (Å²) in [5.41, 5.74) is 0. The summed E-state index contributed by atoms with van der Waals surface area (Å²) in [6.07, 6.45) is -5.03. The lowest BCUT2D eigenvalue weighted by Gasteiger charge is -2.05. The molecule has 2 aromatic heterocycles. The Bertz CT molecular complexity index is 846. The zero-order valence-electron chi connectivity index (χ0n) is 11.9. The normalized spacial score (nSPS) is 11.6. The number of fused-ring (bicyclic) bond motifs is 1. The summed E-state index contributed by atoms with van der Waals surface area (Å²) in [5, 5.41) is 13.2. The van der Waals surface area contributed by atoms with E-state index < -0.39 is 18.1 Å². The molecular formula is C13H10F3N5O2S. The zero-order chi connectivity index (χ0) is 17.2. The maximum atomic E-state index is 12.7. The molecule has 24 heavy (non-hydrogen) atoms. The van der Waals surface area contributed by atoms with E-state index in [4.69, 9.17) is 4.74 Å². The number of aromatic nitrogens is 4. The number of nitrogens with zero attached hydrogens (tertiary/aromatic N) is 4. The Hall–Kier alpha value is -2.69. The smallest absolute Gasteiger partial charge is 0.410 e. The SMILES string of the molecule is O=C(NCCc1nn2c(C(F)(F)F)nnc2s1)Oc1ccccc1. The summed E-state index contributed by atoms with van der Waals surface area (Å²) >= 11 is 0.976. The van der Waals surface area contributed by atoms with Crippen LogP contribution >= 0.6 is 11.3 Å². The molecule has 0 saturated heterocycles. The first-order valence-electron chi connectivity index (χ1n) is 6.72. The minimum atomic E-state index is -4.62. The molecule has 0 saturated carbocycles. The number of para-hydroxylation sites is 1. The van der Waals surface area contributed by atoms with Gasteiger partial charge in [-0.15, -0.1) is 10.2 Å². The van der Waals surface area contributed by atoms with E-state index in [0.717, 1.165) is 11.3 Å². The largest absolute Gasteiger partial charge is 0.453 e. The molecule has 7 nitrogen and oxygen atoms in total. The van der Waals surface area contributed by atoms with Crippen LogP contribution in [0.2, 0.25) is 0 Å².